The lowest BCUT2D eigenvalue weighted by molar-refractivity contribution is 0.0781. The number of hydrogen-bond donors (Lipinski definition) is 1. The lowest BCUT2D eigenvalue weighted by atomic mass is 10.1. The normalized spacial score (nSPS) is 13.1. The van der Waals surface area contributed by atoms with Gasteiger partial charge in [0, 0.05) is 13.6 Å². The van der Waals surface area contributed by atoms with E-state index in [1.165, 1.54) is 30.2 Å². The number of carbonyl (C=O) groups excluding carboxylic acids is 1. The summed E-state index contributed by atoms with van der Waals surface area (Å²) >= 11 is 0. The number of rotatable bonds is 5. The molecule has 2 aromatic rings. The quantitative estimate of drug-likeness (QED) is 0.824. The van der Waals surface area contributed by atoms with E-state index in [9.17, 15) is 13.2 Å². The van der Waals surface area contributed by atoms with Crippen LogP contribution >= 0.6 is 0 Å². The van der Waals surface area contributed by atoms with Crippen LogP contribution in [-0.4, -0.2) is 46.6 Å². The van der Waals surface area contributed by atoms with E-state index in [0.717, 1.165) is 5.56 Å². The number of sulfonamides is 1. The summed E-state index contributed by atoms with van der Waals surface area (Å²) in [6.07, 6.45) is 0. The molecular formula is C18H20N2O6S. The number of nitrogens with two attached hydrogens (primary N) is 1. The summed E-state index contributed by atoms with van der Waals surface area (Å²) in [4.78, 5) is 14.2. The van der Waals surface area contributed by atoms with E-state index in [1.54, 1.807) is 13.1 Å². The molecule has 0 fully saturated rings. The van der Waals surface area contributed by atoms with Gasteiger partial charge in [-0.25, -0.2) is 13.6 Å². The van der Waals surface area contributed by atoms with Gasteiger partial charge >= 0.3 is 0 Å². The van der Waals surface area contributed by atoms with Gasteiger partial charge < -0.3 is 19.1 Å². The fraction of sp³-hybridized carbons (Fsp3) is 0.278. The fourth-order valence-electron chi connectivity index (χ4n) is 2.77. The van der Waals surface area contributed by atoms with Crippen molar-refractivity contribution >= 4 is 15.9 Å². The molecule has 2 N–H and O–H groups in total. The van der Waals surface area contributed by atoms with Crippen LogP contribution in [0.2, 0.25) is 0 Å². The molecule has 3 rings (SSSR count). The second-order valence-corrected chi connectivity index (χ2v) is 7.61. The first-order chi connectivity index (χ1) is 12.8. The smallest absolute Gasteiger partial charge is 0.257 e. The first kappa shape index (κ1) is 19.0. The van der Waals surface area contributed by atoms with E-state index in [4.69, 9.17) is 19.3 Å². The number of primary sulfonamides is 1. The number of amides is 1. The van der Waals surface area contributed by atoms with Crippen molar-refractivity contribution in [3.63, 3.8) is 0 Å². The van der Waals surface area contributed by atoms with Crippen LogP contribution in [0.5, 0.6) is 17.2 Å². The van der Waals surface area contributed by atoms with Gasteiger partial charge in [-0.1, -0.05) is 6.07 Å². The average molecular weight is 392 g/mol. The van der Waals surface area contributed by atoms with E-state index in [1.807, 2.05) is 12.1 Å². The zero-order chi connectivity index (χ0) is 19.6. The summed E-state index contributed by atoms with van der Waals surface area (Å²) < 4.78 is 39.4. The third kappa shape index (κ3) is 4.15. The van der Waals surface area contributed by atoms with Crippen LogP contribution in [-0.2, 0) is 16.6 Å². The van der Waals surface area contributed by atoms with Crippen LogP contribution in [0.3, 0.4) is 0 Å². The molecule has 27 heavy (non-hydrogen) atoms. The Morgan fingerprint density at radius 2 is 1.85 bits per heavy atom. The highest BCUT2D eigenvalue weighted by Gasteiger charge is 2.21. The maximum Gasteiger partial charge on any atom is 0.257 e. The van der Waals surface area contributed by atoms with E-state index in [-0.39, 0.29) is 22.8 Å². The van der Waals surface area contributed by atoms with E-state index in [0.29, 0.717) is 24.7 Å². The van der Waals surface area contributed by atoms with Crippen molar-refractivity contribution in [1.29, 1.82) is 0 Å². The number of nitrogens with zero attached hydrogens (tertiary/aromatic N) is 1. The van der Waals surface area contributed by atoms with Crippen molar-refractivity contribution in [2.75, 3.05) is 27.4 Å². The molecule has 0 bridgehead atoms. The van der Waals surface area contributed by atoms with Crippen molar-refractivity contribution in [1.82, 2.24) is 4.90 Å². The Bertz CT molecular complexity index is 974. The molecule has 0 aromatic heterocycles. The topological polar surface area (TPSA) is 108 Å². The van der Waals surface area contributed by atoms with Gasteiger partial charge in [-0.2, -0.15) is 0 Å². The number of carbonyl (C=O) groups is 1. The summed E-state index contributed by atoms with van der Waals surface area (Å²) in [5.41, 5.74) is 0.959. The fourth-order valence-corrected chi connectivity index (χ4v) is 3.31. The number of hydrogen-bond acceptors (Lipinski definition) is 6. The summed E-state index contributed by atoms with van der Waals surface area (Å²) in [7, 11) is -0.916. The third-order valence-electron chi connectivity index (χ3n) is 4.10. The zero-order valence-electron chi connectivity index (χ0n) is 15.0. The molecule has 1 aliphatic heterocycles. The molecule has 0 unspecified atom stereocenters. The Morgan fingerprint density at radius 3 is 2.52 bits per heavy atom. The predicted octanol–water partition coefficient (Wildman–Crippen LogP) is 1.39. The maximum absolute atomic E-state index is 12.9. The molecule has 1 heterocycles. The van der Waals surface area contributed by atoms with Crippen molar-refractivity contribution in [3.05, 3.63) is 47.5 Å². The van der Waals surface area contributed by atoms with Crippen LogP contribution in [0.25, 0.3) is 0 Å². The second kappa shape index (κ2) is 7.45. The highest BCUT2D eigenvalue weighted by molar-refractivity contribution is 7.89. The Morgan fingerprint density at radius 1 is 1.15 bits per heavy atom. The number of fused-ring (bicyclic) bond motifs is 1. The van der Waals surface area contributed by atoms with Crippen molar-refractivity contribution in [3.8, 4) is 17.2 Å². The Kier molecular flexibility index (Phi) is 5.24. The molecule has 9 heteroatoms. The van der Waals surface area contributed by atoms with Crippen molar-refractivity contribution in [2.45, 2.75) is 11.4 Å². The third-order valence-corrected chi connectivity index (χ3v) is 5.01. The van der Waals surface area contributed by atoms with E-state index in [2.05, 4.69) is 0 Å². The van der Waals surface area contributed by atoms with Crippen LogP contribution in [0, 0.1) is 0 Å². The van der Waals surface area contributed by atoms with Crippen LogP contribution < -0.4 is 19.3 Å². The average Bonchev–Trinajstić information content (AvgIpc) is 2.66. The van der Waals surface area contributed by atoms with E-state index >= 15 is 0 Å². The monoisotopic (exact) mass is 392 g/mol. The number of ether oxygens (including phenoxy) is 3. The largest absolute Gasteiger partial charge is 0.496 e. The molecule has 0 aliphatic carbocycles. The standard InChI is InChI=1S/C18H20N2O6S/c1-20(11-12-3-5-16-17(9-12)26-8-7-25-16)18(21)14-10-13(27(19,22)23)4-6-15(14)24-2/h3-6,9-10H,7-8,11H2,1-2H3,(H2,19,22,23). The Balaban J connectivity index is 1.85. The molecule has 1 amide bonds. The zero-order valence-corrected chi connectivity index (χ0v) is 15.8. The minimum atomic E-state index is -3.94. The van der Waals surface area contributed by atoms with Gasteiger partial charge in [0.05, 0.1) is 17.6 Å². The molecular weight excluding hydrogens is 372 g/mol. The molecule has 0 spiro atoms. The summed E-state index contributed by atoms with van der Waals surface area (Å²) in [5.74, 6) is 1.17. The van der Waals surface area contributed by atoms with Crippen molar-refractivity contribution < 1.29 is 27.4 Å². The SMILES string of the molecule is COc1ccc(S(N)(=O)=O)cc1C(=O)N(C)Cc1ccc2c(c1)OCCO2. The highest BCUT2D eigenvalue weighted by atomic mass is 32.2. The van der Waals surface area contributed by atoms with Gasteiger partial charge in [0.15, 0.2) is 11.5 Å². The van der Waals surface area contributed by atoms with Crippen LogP contribution in [0.4, 0.5) is 0 Å². The molecule has 144 valence electrons. The highest BCUT2D eigenvalue weighted by Crippen LogP contribution is 2.31. The molecule has 8 nitrogen and oxygen atoms in total. The number of benzene rings is 2. The van der Waals surface area contributed by atoms with Crippen LogP contribution in [0.1, 0.15) is 15.9 Å². The summed E-state index contributed by atoms with van der Waals surface area (Å²) in [6.45, 7) is 1.27. The molecule has 2 aromatic carbocycles. The van der Waals surface area contributed by atoms with E-state index < -0.39 is 15.9 Å². The van der Waals surface area contributed by atoms with Gasteiger partial charge in [0.25, 0.3) is 5.91 Å². The van der Waals surface area contributed by atoms with Gasteiger partial charge in [0.2, 0.25) is 10.0 Å². The lowest BCUT2D eigenvalue weighted by Gasteiger charge is -2.22. The maximum atomic E-state index is 12.9. The molecule has 0 radical (unpaired) electrons. The number of methoxy groups -OCH3 is 1. The molecule has 0 atom stereocenters. The van der Waals surface area contributed by atoms with Gasteiger partial charge in [-0.15, -0.1) is 0 Å². The van der Waals surface area contributed by atoms with Crippen molar-refractivity contribution in [2.24, 2.45) is 5.14 Å². The van der Waals surface area contributed by atoms with Gasteiger partial charge in [0.1, 0.15) is 19.0 Å². The first-order valence-corrected chi connectivity index (χ1v) is 9.69. The molecule has 0 saturated heterocycles. The summed E-state index contributed by atoms with van der Waals surface area (Å²) in [5, 5.41) is 5.16. The first-order valence-electron chi connectivity index (χ1n) is 8.14. The summed E-state index contributed by atoms with van der Waals surface area (Å²) in [6, 6.07) is 9.38. The second-order valence-electron chi connectivity index (χ2n) is 6.05. The van der Waals surface area contributed by atoms with Crippen LogP contribution in [0.15, 0.2) is 41.3 Å². The minimum Gasteiger partial charge on any atom is -0.496 e. The molecule has 1 aliphatic rings. The Labute approximate surface area is 157 Å². The van der Waals surface area contributed by atoms with Gasteiger partial charge in [-0.3, -0.25) is 4.79 Å². The molecule has 0 saturated carbocycles. The predicted molar refractivity (Wildman–Crippen MR) is 97.6 cm³/mol. The van der Waals surface area contributed by atoms with Gasteiger partial charge in [-0.05, 0) is 35.9 Å². The Hall–Kier alpha value is -2.78. The minimum absolute atomic E-state index is 0.115. The lowest BCUT2D eigenvalue weighted by Crippen LogP contribution is -2.27.